The van der Waals surface area contributed by atoms with Crippen LogP contribution >= 0.6 is 0 Å². The van der Waals surface area contributed by atoms with E-state index in [4.69, 9.17) is 5.26 Å². The maximum absolute atomic E-state index is 12.0. The van der Waals surface area contributed by atoms with E-state index >= 15 is 0 Å². The predicted molar refractivity (Wildman–Crippen MR) is 77.1 cm³/mol. The molecule has 0 saturated carbocycles. The molecule has 0 spiro atoms. The van der Waals surface area contributed by atoms with Crippen LogP contribution in [0.25, 0.3) is 11.2 Å². The molecule has 1 N–H and O–H groups in total. The van der Waals surface area contributed by atoms with Crippen LogP contribution in [0.15, 0.2) is 19.8 Å². The van der Waals surface area contributed by atoms with Gasteiger partial charge in [-0.15, -0.1) is 5.11 Å². The molecule has 2 rings (SSSR count). The number of aryl methyl sites for hydroxylation is 1. The summed E-state index contributed by atoms with van der Waals surface area (Å²) < 4.78 is 6.75. The van der Waals surface area contributed by atoms with Gasteiger partial charge in [0.2, 0.25) is 5.95 Å². The summed E-state index contributed by atoms with van der Waals surface area (Å²) in [6.07, 6.45) is 0. The Labute approximate surface area is 128 Å². The van der Waals surface area contributed by atoms with Gasteiger partial charge in [-0.25, -0.2) is 9.59 Å². The fraction of sp³-hybridized carbons (Fsp3) is 0.417. The van der Waals surface area contributed by atoms with E-state index in [0.717, 1.165) is 4.57 Å². The first-order valence-corrected chi connectivity index (χ1v) is 6.53. The zero-order valence-corrected chi connectivity index (χ0v) is 12.6. The fourth-order valence-electron chi connectivity index (χ4n) is 1.82. The second-order valence-electron chi connectivity index (χ2n) is 4.46. The van der Waals surface area contributed by atoms with Gasteiger partial charge in [0, 0.05) is 14.1 Å². The summed E-state index contributed by atoms with van der Waals surface area (Å²) in [5, 5.41) is 16.0. The number of carbonyl (C=O) groups is 1. The first-order chi connectivity index (χ1) is 10.9. The number of hydrogen-bond acceptors (Lipinski definition) is 8. The number of ether oxygens (including phenoxy) is 1. The standard InChI is InChI=1S/C12H13N7O4/c1-4-23-10(21)6(5-13)16-17-11-14-7-8(15-11)18(2)12(22)19(3)9(7)20/h6H,4H2,1-3H3,(H,14,15)/t6-/m0/s1. The minimum absolute atomic E-state index is 0.0631. The third kappa shape index (κ3) is 2.86. The number of aromatic nitrogens is 4. The average molecular weight is 319 g/mol. The van der Waals surface area contributed by atoms with Crippen LogP contribution in [-0.2, 0) is 23.6 Å². The molecule has 2 heterocycles. The van der Waals surface area contributed by atoms with Crippen molar-refractivity contribution in [2.45, 2.75) is 13.0 Å². The molecule has 2 aromatic rings. The highest BCUT2D eigenvalue weighted by Crippen LogP contribution is 2.12. The Balaban J connectivity index is 2.45. The third-order valence-electron chi connectivity index (χ3n) is 2.98. The molecule has 2 aromatic heterocycles. The van der Waals surface area contributed by atoms with Gasteiger partial charge in [-0.05, 0) is 6.92 Å². The van der Waals surface area contributed by atoms with E-state index in [1.807, 2.05) is 0 Å². The zero-order valence-electron chi connectivity index (χ0n) is 12.6. The summed E-state index contributed by atoms with van der Waals surface area (Å²) in [4.78, 5) is 41.8. The predicted octanol–water partition coefficient (Wildman–Crippen LogP) is -0.501. The molecule has 11 nitrogen and oxygen atoms in total. The summed E-state index contributed by atoms with van der Waals surface area (Å²) in [5.74, 6) is -0.943. The Kier molecular flexibility index (Phi) is 4.35. The average Bonchev–Trinajstić information content (AvgIpc) is 2.96. The van der Waals surface area contributed by atoms with Crippen LogP contribution < -0.4 is 11.2 Å². The van der Waals surface area contributed by atoms with E-state index in [2.05, 4.69) is 24.9 Å². The van der Waals surface area contributed by atoms with Crippen molar-refractivity contribution in [2.24, 2.45) is 24.3 Å². The van der Waals surface area contributed by atoms with Gasteiger partial charge >= 0.3 is 11.7 Å². The number of carbonyl (C=O) groups excluding carboxylic acids is 1. The van der Waals surface area contributed by atoms with E-state index in [-0.39, 0.29) is 23.7 Å². The molecule has 0 fully saturated rings. The van der Waals surface area contributed by atoms with Crippen LogP contribution in [0.4, 0.5) is 5.95 Å². The molecule has 0 amide bonds. The van der Waals surface area contributed by atoms with Crippen LogP contribution in [0.5, 0.6) is 0 Å². The quantitative estimate of drug-likeness (QED) is 0.593. The molecule has 120 valence electrons. The lowest BCUT2D eigenvalue weighted by Gasteiger charge is -2.00. The molecule has 1 atom stereocenters. The van der Waals surface area contributed by atoms with Gasteiger partial charge in [0.05, 0.1) is 6.61 Å². The summed E-state index contributed by atoms with van der Waals surface area (Å²) in [5.41, 5.74) is -0.955. The molecule has 0 aliphatic heterocycles. The number of rotatable bonds is 4. The third-order valence-corrected chi connectivity index (χ3v) is 2.98. The summed E-state index contributed by atoms with van der Waals surface area (Å²) in [6.45, 7) is 1.70. The lowest BCUT2D eigenvalue weighted by Crippen LogP contribution is -2.36. The van der Waals surface area contributed by atoms with E-state index in [0.29, 0.717) is 0 Å². The van der Waals surface area contributed by atoms with E-state index in [1.54, 1.807) is 13.0 Å². The number of H-pyrrole nitrogens is 1. The van der Waals surface area contributed by atoms with Crippen molar-refractivity contribution in [1.82, 2.24) is 19.1 Å². The largest absolute Gasteiger partial charge is 0.464 e. The molecule has 0 saturated heterocycles. The van der Waals surface area contributed by atoms with E-state index < -0.39 is 23.3 Å². The Hall–Kier alpha value is -3.29. The molecule has 0 aromatic carbocycles. The second kappa shape index (κ2) is 6.22. The minimum Gasteiger partial charge on any atom is -0.464 e. The molecule has 23 heavy (non-hydrogen) atoms. The highest BCUT2D eigenvalue weighted by atomic mass is 16.5. The van der Waals surface area contributed by atoms with Crippen LogP contribution in [0.2, 0.25) is 0 Å². The summed E-state index contributed by atoms with van der Waals surface area (Å²) in [6, 6.07) is 0.199. The topological polar surface area (TPSA) is 147 Å². The zero-order chi connectivity index (χ0) is 17.1. The minimum atomic E-state index is -1.44. The number of imidazole rings is 1. The fourth-order valence-corrected chi connectivity index (χ4v) is 1.82. The number of hydrogen-bond donors (Lipinski definition) is 1. The number of nitriles is 1. The highest BCUT2D eigenvalue weighted by Gasteiger charge is 2.19. The Bertz CT molecular complexity index is 943. The molecule has 0 unspecified atom stereocenters. The lowest BCUT2D eigenvalue weighted by molar-refractivity contribution is -0.143. The Morgan fingerprint density at radius 3 is 2.74 bits per heavy atom. The normalized spacial score (nSPS) is 12.4. The van der Waals surface area contributed by atoms with Gasteiger partial charge < -0.3 is 9.72 Å². The first kappa shape index (κ1) is 16.1. The molecule has 0 bridgehead atoms. The number of esters is 1. The SMILES string of the molecule is CCOC(=O)[C@H](C#N)N=Nc1nc2c([nH]1)c(=O)n(C)c(=O)n2C. The second-order valence-corrected chi connectivity index (χ2v) is 4.46. The van der Waals surface area contributed by atoms with Crippen molar-refractivity contribution in [2.75, 3.05) is 6.61 Å². The van der Waals surface area contributed by atoms with Crippen LogP contribution in [0.3, 0.4) is 0 Å². The van der Waals surface area contributed by atoms with Crippen molar-refractivity contribution in [1.29, 1.82) is 5.26 Å². The molecule has 11 heteroatoms. The van der Waals surface area contributed by atoms with Crippen molar-refractivity contribution in [3.63, 3.8) is 0 Å². The van der Waals surface area contributed by atoms with E-state index in [1.165, 1.54) is 18.7 Å². The number of nitrogens with zero attached hydrogens (tertiary/aromatic N) is 6. The van der Waals surface area contributed by atoms with Crippen LogP contribution in [-0.4, -0.2) is 37.7 Å². The van der Waals surface area contributed by atoms with Crippen molar-refractivity contribution in [3.8, 4) is 6.07 Å². The smallest absolute Gasteiger partial charge is 0.347 e. The monoisotopic (exact) mass is 319 g/mol. The van der Waals surface area contributed by atoms with Gasteiger partial charge in [0.1, 0.15) is 6.07 Å². The summed E-state index contributed by atoms with van der Waals surface area (Å²) >= 11 is 0. The summed E-state index contributed by atoms with van der Waals surface area (Å²) in [7, 11) is 2.78. The van der Waals surface area contributed by atoms with Crippen molar-refractivity contribution < 1.29 is 9.53 Å². The van der Waals surface area contributed by atoms with Crippen LogP contribution in [0.1, 0.15) is 6.92 Å². The molecule has 0 aliphatic rings. The number of aromatic amines is 1. The highest BCUT2D eigenvalue weighted by molar-refractivity contribution is 5.79. The number of fused-ring (bicyclic) bond motifs is 1. The molecular formula is C12H13N7O4. The lowest BCUT2D eigenvalue weighted by atomic mass is 10.4. The Morgan fingerprint density at radius 1 is 1.43 bits per heavy atom. The van der Waals surface area contributed by atoms with Crippen molar-refractivity contribution >= 4 is 23.1 Å². The van der Waals surface area contributed by atoms with Crippen molar-refractivity contribution in [3.05, 3.63) is 20.8 Å². The van der Waals surface area contributed by atoms with E-state index in [9.17, 15) is 14.4 Å². The van der Waals surface area contributed by atoms with Gasteiger partial charge in [-0.3, -0.25) is 13.9 Å². The maximum atomic E-state index is 12.0. The molecule has 0 aliphatic carbocycles. The first-order valence-electron chi connectivity index (χ1n) is 6.53. The Morgan fingerprint density at radius 2 is 2.13 bits per heavy atom. The van der Waals surface area contributed by atoms with Gasteiger partial charge in [-0.1, -0.05) is 0 Å². The van der Waals surface area contributed by atoms with Gasteiger partial charge in [0.15, 0.2) is 11.2 Å². The number of nitrogens with one attached hydrogen (secondary N) is 1. The van der Waals surface area contributed by atoms with Gasteiger partial charge in [-0.2, -0.15) is 15.4 Å². The number of azo groups is 1. The maximum Gasteiger partial charge on any atom is 0.347 e. The molecular weight excluding hydrogens is 306 g/mol. The van der Waals surface area contributed by atoms with Crippen LogP contribution in [0, 0.1) is 11.3 Å². The van der Waals surface area contributed by atoms with Gasteiger partial charge in [0.25, 0.3) is 11.6 Å². The molecule has 0 radical (unpaired) electrons.